The molecule has 2 aromatic rings. The standard InChI is InChI=1S/C28H30N2O5/c31-26(32)16-30(15-18-12-13-18)27(33)19-6-5-7-20(14-19)29-28(34)35-17-25-23-10-3-1-8-21(23)22-9-2-4-11-24(22)25/h1-5,7-11,18-20,25H,6,12-17H2,(H,29,34)(H,31,32). The van der Waals surface area contributed by atoms with E-state index in [0.717, 1.165) is 24.0 Å². The van der Waals surface area contributed by atoms with E-state index in [9.17, 15) is 19.5 Å². The highest BCUT2D eigenvalue weighted by molar-refractivity contribution is 5.83. The third kappa shape index (κ3) is 5.24. The Morgan fingerprint density at radius 3 is 2.29 bits per heavy atom. The van der Waals surface area contributed by atoms with Crippen molar-refractivity contribution in [1.29, 1.82) is 0 Å². The van der Waals surface area contributed by atoms with Crippen LogP contribution in [0.25, 0.3) is 11.1 Å². The molecule has 2 N–H and O–H groups in total. The number of rotatable bonds is 8. The van der Waals surface area contributed by atoms with E-state index >= 15 is 0 Å². The Morgan fingerprint density at radius 1 is 1.00 bits per heavy atom. The van der Waals surface area contributed by atoms with Gasteiger partial charge in [-0.1, -0.05) is 60.7 Å². The highest BCUT2D eigenvalue weighted by Gasteiger charge is 2.34. The summed E-state index contributed by atoms with van der Waals surface area (Å²) in [5.74, 6) is -1.11. The van der Waals surface area contributed by atoms with E-state index in [1.165, 1.54) is 16.0 Å². The lowest BCUT2D eigenvalue weighted by Crippen LogP contribution is -2.44. The maximum absolute atomic E-state index is 13.0. The number of carbonyl (C=O) groups is 3. The second-order valence-electron chi connectivity index (χ2n) is 9.73. The Labute approximate surface area is 204 Å². The molecule has 7 heteroatoms. The van der Waals surface area contributed by atoms with Gasteiger partial charge >= 0.3 is 12.1 Å². The zero-order valence-electron chi connectivity index (χ0n) is 19.6. The van der Waals surface area contributed by atoms with E-state index in [-0.39, 0.29) is 36.9 Å². The van der Waals surface area contributed by atoms with Gasteiger partial charge in [0.25, 0.3) is 0 Å². The first-order valence-corrected chi connectivity index (χ1v) is 12.3. The summed E-state index contributed by atoms with van der Waals surface area (Å²) in [5, 5.41) is 12.1. The van der Waals surface area contributed by atoms with E-state index in [4.69, 9.17) is 4.74 Å². The molecule has 182 valence electrons. The first kappa shape index (κ1) is 23.1. The molecule has 0 heterocycles. The largest absolute Gasteiger partial charge is 0.480 e. The van der Waals surface area contributed by atoms with Crippen molar-refractivity contribution in [3.63, 3.8) is 0 Å². The zero-order chi connectivity index (χ0) is 24.4. The van der Waals surface area contributed by atoms with Crippen LogP contribution < -0.4 is 5.32 Å². The monoisotopic (exact) mass is 474 g/mol. The SMILES string of the molecule is O=C(O)CN(CC1CC1)C(=O)C1CC=CC(NC(=O)OCC2c3ccccc3-c3ccccc32)C1. The predicted molar refractivity (Wildman–Crippen MR) is 131 cm³/mol. The number of carbonyl (C=O) groups excluding carboxylic acids is 2. The number of ether oxygens (including phenoxy) is 1. The molecule has 7 nitrogen and oxygen atoms in total. The summed E-state index contributed by atoms with van der Waals surface area (Å²) in [5.41, 5.74) is 4.65. The van der Waals surface area contributed by atoms with Gasteiger partial charge in [-0.05, 0) is 53.9 Å². The second-order valence-corrected chi connectivity index (χ2v) is 9.73. The van der Waals surface area contributed by atoms with Crippen molar-refractivity contribution in [2.75, 3.05) is 19.7 Å². The first-order chi connectivity index (χ1) is 17.0. The molecule has 0 aliphatic heterocycles. The lowest BCUT2D eigenvalue weighted by atomic mass is 9.89. The van der Waals surface area contributed by atoms with Gasteiger partial charge in [0.2, 0.25) is 5.91 Å². The van der Waals surface area contributed by atoms with E-state index in [1.807, 2.05) is 36.4 Å². The fourth-order valence-corrected chi connectivity index (χ4v) is 5.25. The van der Waals surface area contributed by atoms with Crippen molar-refractivity contribution in [3.8, 4) is 11.1 Å². The van der Waals surface area contributed by atoms with Crippen LogP contribution in [0.2, 0.25) is 0 Å². The summed E-state index contributed by atoms with van der Waals surface area (Å²) in [6.07, 6.45) is 6.31. The maximum Gasteiger partial charge on any atom is 0.407 e. The van der Waals surface area contributed by atoms with Crippen molar-refractivity contribution in [3.05, 3.63) is 71.8 Å². The Hall–Kier alpha value is -3.61. The summed E-state index contributed by atoms with van der Waals surface area (Å²) in [4.78, 5) is 38.4. The molecule has 2 unspecified atom stereocenters. The summed E-state index contributed by atoms with van der Waals surface area (Å²) < 4.78 is 5.64. The molecule has 0 bridgehead atoms. The van der Waals surface area contributed by atoms with Crippen molar-refractivity contribution in [2.45, 2.75) is 37.6 Å². The molecule has 35 heavy (non-hydrogen) atoms. The average Bonchev–Trinajstić information content (AvgIpc) is 3.62. The van der Waals surface area contributed by atoms with Crippen LogP contribution in [-0.2, 0) is 14.3 Å². The van der Waals surface area contributed by atoms with Crippen LogP contribution in [0.1, 0.15) is 42.7 Å². The van der Waals surface area contributed by atoms with Crippen LogP contribution in [0, 0.1) is 11.8 Å². The number of nitrogens with zero attached hydrogens (tertiary/aromatic N) is 1. The topological polar surface area (TPSA) is 95.9 Å². The van der Waals surface area contributed by atoms with Crippen molar-refractivity contribution >= 4 is 18.0 Å². The maximum atomic E-state index is 13.0. The van der Waals surface area contributed by atoms with Crippen molar-refractivity contribution in [2.24, 2.45) is 11.8 Å². The Morgan fingerprint density at radius 2 is 1.66 bits per heavy atom. The Balaban J connectivity index is 1.18. The summed E-state index contributed by atoms with van der Waals surface area (Å²) >= 11 is 0. The number of hydrogen-bond donors (Lipinski definition) is 2. The lowest BCUT2D eigenvalue weighted by molar-refractivity contribution is -0.146. The fraction of sp³-hybridized carbons (Fsp3) is 0.393. The summed E-state index contributed by atoms with van der Waals surface area (Å²) in [6.45, 7) is 0.447. The van der Waals surface area contributed by atoms with E-state index in [1.54, 1.807) is 0 Å². The minimum absolute atomic E-state index is 0.0172. The van der Waals surface area contributed by atoms with Gasteiger partial charge in [0, 0.05) is 18.4 Å². The second kappa shape index (κ2) is 9.94. The van der Waals surface area contributed by atoms with Gasteiger partial charge in [0.15, 0.2) is 0 Å². The number of nitrogens with one attached hydrogen (secondary N) is 1. The highest BCUT2D eigenvalue weighted by Crippen LogP contribution is 2.44. The molecule has 1 saturated carbocycles. The number of carboxylic acids is 1. The number of benzene rings is 2. The lowest BCUT2D eigenvalue weighted by Gasteiger charge is -2.29. The Bertz CT molecular complexity index is 1110. The number of alkyl carbamates (subject to hydrolysis) is 1. The predicted octanol–water partition coefficient (Wildman–Crippen LogP) is 4.18. The molecule has 3 aliphatic rings. The molecule has 0 aromatic heterocycles. The smallest absolute Gasteiger partial charge is 0.407 e. The number of fused-ring (bicyclic) bond motifs is 3. The number of allylic oxidation sites excluding steroid dienone is 1. The van der Waals surface area contributed by atoms with E-state index < -0.39 is 12.1 Å². The number of aliphatic carboxylic acids is 1. The molecule has 2 atom stereocenters. The molecule has 2 aromatic carbocycles. The molecule has 0 radical (unpaired) electrons. The van der Waals surface area contributed by atoms with Gasteiger partial charge in [-0.25, -0.2) is 4.79 Å². The molecule has 5 rings (SSSR count). The van der Waals surface area contributed by atoms with E-state index in [0.29, 0.717) is 25.3 Å². The molecule has 0 saturated heterocycles. The van der Waals surface area contributed by atoms with Crippen LogP contribution >= 0.6 is 0 Å². The van der Waals surface area contributed by atoms with Gasteiger partial charge in [0.1, 0.15) is 13.2 Å². The zero-order valence-corrected chi connectivity index (χ0v) is 19.6. The third-order valence-electron chi connectivity index (χ3n) is 7.14. The first-order valence-electron chi connectivity index (χ1n) is 12.3. The number of carboxylic acid groups (broad SMARTS) is 1. The van der Waals surface area contributed by atoms with Crippen LogP contribution in [0.3, 0.4) is 0 Å². The molecule has 1 fully saturated rings. The molecular weight excluding hydrogens is 444 g/mol. The molecule has 0 spiro atoms. The van der Waals surface area contributed by atoms with Crippen LogP contribution in [0.15, 0.2) is 60.7 Å². The van der Waals surface area contributed by atoms with Crippen molar-refractivity contribution in [1.82, 2.24) is 10.2 Å². The molecule has 3 aliphatic carbocycles. The number of hydrogen-bond acceptors (Lipinski definition) is 4. The summed E-state index contributed by atoms with van der Waals surface area (Å²) in [7, 11) is 0. The van der Waals surface area contributed by atoms with Gasteiger partial charge < -0.3 is 20.1 Å². The minimum atomic E-state index is -1.00. The van der Waals surface area contributed by atoms with Gasteiger partial charge in [0.05, 0.1) is 6.04 Å². The van der Waals surface area contributed by atoms with Gasteiger partial charge in [-0.2, -0.15) is 0 Å². The fourth-order valence-electron chi connectivity index (χ4n) is 5.25. The van der Waals surface area contributed by atoms with Crippen LogP contribution in [0.5, 0.6) is 0 Å². The Kier molecular flexibility index (Phi) is 6.57. The summed E-state index contributed by atoms with van der Waals surface area (Å²) in [6, 6.07) is 16.0. The number of amides is 2. The average molecular weight is 475 g/mol. The quantitative estimate of drug-likeness (QED) is 0.560. The third-order valence-corrected chi connectivity index (χ3v) is 7.14. The van der Waals surface area contributed by atoms with Crippen LogP contribution in [0.4, 0.5) is 4.79 Å². The minimum Gasteiger partial charge on any atom is -0.480 e. The van der Waals surface area contributed by atoms with Gasteiger partial charge in [-0.3, -0.25) is 9.59 Å². The van der Waals surface area contributed by atoms with Crippen LogP contribution in [-0.4, -0.2) is 53.7 Å². The van der Waals surface area contributed by atoms with Gasteiger partial charge in [-0.15, -0.1) is 0 Å². The van der Waals surface area contributed by atoms with E-state index in [2.05, 4.69) is 29.6 Å². The van der Waals surface area contributed by atoms with Crippen molar-refractivity contribution < 1.29 is 24.2 Å². The highest BCUT2D eigenvalue weighted by atomic mass is 16.5. The normalized spacial score (nSPS) is 20.6. The molecule has 2 amide bonds. The molecular formula is C28H30N2O5.